The molecule has 8 aromatic heterocycles. The Labute approximate surface area is 732 Å². The SMILES string of the molecule is C.CCCCOc1ccc(C(=O)c2c[nH]c3ncnc(N[C@@H]4CC[C@@H](CO)OC4)c23)cc1.CCOCOc1ccc(Cl)c(C(=O)c2c[nH]c3ncnc(N[C@@H]4CC[C@@H](CO)OC4)c23)c1.CCOCOc1cccc(C(=O)c2c[nH]c3ncnc(N[C@@H]4CC[C@@H](CO)OC4)c23)c1.COCCOc1ccc(C(=O)c2c[nH]c3ncnc(N[C@H]4CC[C@@H](CO)OC4)c23)cc1. The van der Waals surface area contributed by atoms with E-state index in [-0.39, 0.29) is 119 Å². The van der Waals surface area contributed by atoms with Gasteiger partial charge in [0.15, 0.2) is 36.7 Å². The largest absolute Gasteiger partial charge is 0.494 e. The second-order valence-corrected chi connectivity index (χ2v) is 30.3. The molecule has 0 saturated carbocycles. The molecule has 4 aliphatic heterocycles. The number of ketones is 4. The van der Waals surface area contributed by atoms with Gasteiger partial charge in [0, 0.05) is 67.4 Å². The number of aliphatic hydroxyl groups is 4. The summed E-state index contributed by atoms with van der Waals surface area (Å²) < 4.78 is 60.3. The molecular formula is C90H109ClN16O19. The number of benzene rings is 4. The van der Waals surface area contributed by atoms with Crippen molar-refractivity contribution in [3.8, 4) is 23.0 Å². The van der Waals surface area contributed by atoms with Crippen molar-refractivity contribution in [2.45, 2.75) is 141 Å². The van der Waals surface area contributed by atoms with Crippen LogP contribution in [0.25, 0.3) is 44.1 Å². The summed E-state index contributed by atoms with van der Waals surface area (Å²) >= 11 is 6.34. The number of aliphatic hydroxyl groups excluding tert-OH is 4. The molecule has 0 radical (unpaired) electrons. The van der Waals surface area contributed by atoms with Crippen molar-refractivity contribution in [3.05, 3.63) is 191 Å². The standard InChI is InChI=1S/C23H28N4O4.C22H25ClN4O5.2C22H26N4O5.CH4/c1-2-3-10-30-17-7-4-15(5-8-17)21(29)19-11-24-22-20(19)23(26-14-25-22)27-16-6-9-18(12-28)31-13-16;1-2-30-12-32-14-5-6-18(23)16(7-14)20(29)17-8-24-21-19(17)22(26-11-25-21)27-13-3-4-15(9-28)31-10-13;1-29-8-9-30-16-5-2-14(3-6-16)20(28)18-10-23-21-19(18)22(25-13-24-21)26-15-4-7-17(11-27)31-12-15;1-2-29-13-31-16-5-3-4-14(8-16)20(28)18-9-23-21-19(18)22(25-12-24-21)26-15-6-7-17(10-27)30-11-15;/h4-5,7-8,11,14,16,18,28H,2-3,6,9-10,12-13H2,1H3,(H2,24,25,26,27);5-8,11,13,15,28H,2-4,9-10,12H2,1H3,(H2,24,25,26,27);2-3,5-6,10,13,15,17,27H,4,7-9,11-12H2,1H3,(H2,23,24,25,26);3-5,8-9,12,15,17,27H,2,6-7,10-11,13H2,1H3,(H2,23,24,25,26);1H4/t16-,18+;13-,15+;15-,17-;15-,17+;/m1101./s1. The Morgan fingerprint density at radius 1 is 0.405 bits per heavy atom. The van der Waals surface area contributed by atoms with Gasteiger partial charge in [0.05, 0.1) is 163 Å². The van der Waals surface area contributed by atoms with Gasteiger partial charge in [0.2, 0.25) is 0 Å². The lowest BCUT2D eigenvalue weighted by Crippen LogP contribution is -2.36. The lowest BCUT2D eigenvalue weighted by molar-refractivity contribution is -0.0224. The van der Waals surface area contributed by atoms with Crippen LogP contribution in [0.15, 0.2) is 141 Å². The Bertz CT molecular complexity index is 5310. The van der Waals surface area contributed by atoms with Crippen molar-refractivity contribution < 1.29 is 91.7 Å². The van der Waals surface area contributed by atoms with Crippen LogP contribution in [0.3, 0.4) is 0 Å². The third-order valence-corrected chi connectivity index (χ3v) is 21.7. The minimum atomic E-state index is -0.277. The van der Waals surface area contributed by atoms with Gasteiger partial charge in [-0.2, -0.15) is 0 Å². The highest BCUT2D eigenvalue weighted by atomic mass is 35.5. The lowest BCUT2D eigenvalue weighted by atomic mass is 10.0. The normalized spacial score (nSPS) is 18.6. The molecule has 0 bridgehead atoms. The Morgan fingerprint density at radius 3 is 1.10 bits per heavy atom. The Balaban J connectivity index is 0.000000152. The third kappa shape index (κ3) is 24.3. The predicted octanol–water partition coefficient (Wildman–Crippen LogP) is 11.8. The van der Waals surface area contributed by atoms with E-state index in [1.54, 1.807) is 111 Å². The van der Waals surface area contributed by atoms with E-state index < -0.39 is 0 Å². The molecule has 16 rings (SSSR count). The molecule has 36 heteroatoms. The maximum absolute atomic E-state index is 13.4. The number of aromatic amines is 4. The number of fused-ring (bicyclic) bond motifs is 4. The van der Waals surface area contributed by atoms with E-state index in [0.717, 1.165) is 70.0 Å². The summed E-state index contributed by atoms with van der Waals surface area (Å²) in [6.07, 6.45) is 20.4. The number of nitrogens with zero attached hydrogens (tertiary/aromatic N) is 8. The van der Waals surface area contributed by atoms with Gasteiger partial charge < -0.3 is 114 Å². The molecule has 0 unspecified atom stereocenters. The molecule has 4 fully saturated rings. The fraction of sp³-hybridized carbons (Fsp3) is 0.422. The number of nitrogens with one attached hydrogen (secondary N) is 8. The van der Waals surface area contributed by atoms with Crippen LogP contribution in [0, 0.1) is 0 Å². The number of rotatable bonds is 36. The number of ether oxygens (including phenoxy) is 11. The van der Waals surface area contributed by atoms with Crippen molar-refractivity contribution >= 4 is 102 Å². The lowest BCUT2D eigenvalue weighted by Gasteiger charge is -2.29. The summed E-state index contributed by atoms with van der Waals surface area (Å²) in [5.74, 6) is 4.11. The molecule has 12 aromatic rings. The first-order valence-corrected chi connectivity index (χ1v) is 42.2. The number of aromatic nitrogens is 12. The topological polar surface area (TPSA) is 465 Å². The van der Waals surface area contributed by atoms with Crippen molar-refractivity contribution in [3.63, 3.8) is 0 Å². The van der Waals surface area contributed by atoms with Crippen LogP contribution in [0.2, 0.25) is 5.02 Å². The monoisotopic (exact) mass is 1750 g/mol. The van der Waals surface area contributed by atoms with Crippen molar-refractivity contribution in [2.24, 2.45) is 0 Å². The number of hydrogen-bond donors (Lipinski definition) is 12. The molecule has 4 aliphatic rings. The highest BCUT2D eigenvalue weighted by molar-refractivity contribution is 6.36. The second-order valence-electron chi connectivity index (χ2n) is 29.9. The first-order valence-electron chi connectivity index (χ1n) is 41.9. The van der Waals surface area contributed by atoms with Gasteiger partial charge in [0.25, 0.3) is 0 Å². The van der Waals surface area contributed by atoms with E-state index in [1.807, 2.05) is 26.0 Å². The van der Waals surface area contributed by atoms with Crippen molar-refractivity contribution in [1.82, 2.24) is 59.8 Å². The quantitative estimate of drug-likeness (QED) is 0.00985. The van der Waals surface area contributed by atoms with E-state index in [4.69, 9.17) is 63.7 Å². The number of carbonyl (C=O) groups is 4. The van der Waals surface area contributed by atoms with Crippen LogP contribution < -0.4 is 40.2 Å². The van der Waals surface area contributed by atoms with Gasteiger partial charge in [-0.15, -0.1) is 0 Å². The predicted molar refractivity (Wildman–Crippen MR) is 473 cm³/mol. The maximum atomic E-state index is 13.4. The van der Waals surface area contributed by atoms with E-state index in [1.165, 1.54) is 25.3 Å². The molecule has 12 heterocycles. The van der Waals surface area contributed by atoms with Crippen LogP contribution in [-0.2, 0) is 33.2 Å². The van der Waals surface area contributed by atoms with Crippen molar-refractivity contribution in [2.75, 3.05) is 128 Å². The Kier molecular flexibility index (Phi) is 34.9. The molecule has 4 saturated heterocycles. The van der Waals surface area contributed by atoms with Gasteiger partial charge in [-0.25, -0.2) is 39.9 Å². The third-order valence-electron chi connectivity index (χ3n) is 21.4. The average molecular weight is 1750 g/mol. The highest BCUT2D eigenvalue weighted by Gasteiger charge is 2.31. The van der Waals surface area contributed by atoms with Crippen LogP contribution >= 0.6 is 11.6 Å². The van der Waals surface area contributed by atoms with Crippen LogP contribution in [0.5, 0.6) is 23.0 Å². The molecule has 126 heavy (non-hydrogen) atoms. The van der Waals surface area contributed by atoms with Gasteiger partial charge >= 0.3 is 0 Å². The molecule has 670 valence electrons. The number of hydrogen-bond acceptors (Lipinski definition) is 31. The maximum Gasteiger partial charge on any atom is 0.197 e. The number of carbonyl (C=O) groups excluding carboxylic acids is 4. The number of H-pyrrole nitrogens is 4. The van der Waals surface area contributed by atoms with Crippen LogP contribution in [0.1, 0.15) is 156 Å². The number of halogens is 1. The molecule has 12 N–H and O–H groups in total. The van der Waals surface area contributed by atoms with Gasteiger partial charge in [-0.3, -0.25) is 19.2 Å². The minimum Gasteiger partial charge on any atom is -0.494 e. The number of unbranched alkanes of at least 4 members (excludes halogenated alkanes) is 1. The van der Waals surface area contributed by atoms with E-state index >= 15 is 0 Å². The van der Waals surface area contributed by atoms with E-state index in [2.05, 4.69) is 88.0 Å². The first-order chi connectivity index (χ1) is 61.2. The second kappa shape index (κ2) is 47.0. The zero-order valence-corrected chi connectivity index (χ0v) is 70.7. The molecular weight excluding hydrogens is 1640 g/mol. The highest BCUT2D eigenvalue weighted by Crippen LogP contribution is 2.36. The summed E-state index contributed by atoms with van der Waals surface area (Å²) in [4.78, 5) is 99.9. The van der Waals surface area contributed by atoms with Gasteiger partial charge in [-0.1, -0.05) is 44.5 Å². The van der Waals surface area contributed by atoms with Crippen LogP contribution in [-0.4, -0.2) is 259 Å². The van der Waals surface area contributed by atoms with Gasteiger partial charge in [-0.05, 0) is 150 Å². The fourth-order valence-electron chi connectivity index (χ4n) is 14.5. The Morgan fingerprint density at radius 2 is 0.754 bits per heavy atom. The Hall–Kier alpha value is -11.7. The summed E-state index contributed by atoms with van der Waals surface area (Å²) in [6.45, 7) is 10.7. The fourth-order valence-corrected chi connectivity index (χ4v) is 14.7. The average Bonchev–Trinajstić information content (AvgIpc) is 1.75. The molecule has 0 amide bonds. The van der Waals surface area contributed by atoms with E-state index in [9.17, 15) is 39.6 Å². The number of anilines is 4. The summed E-state index contributed by atoms with van der Waals surface area (Å²) in [7, 11) is 1.62. The molecule has 8 atom stereocenters. The zero-order chi connectivity index (χ0) is 87.4. The molecule has 35 nitrogen and oxygen atoms in total. The van der Waals surface area contributed by atoms with Gasteiger partial charge in [0.1, 0.15) is 101 Å². The van der Waals surface area contributed by atoms with E-state index in [0.29, 0.717) is 194 Å². The van der Waals surface area contributed by atoms with Crippen molar-refractivity contribution in [1.29, 1.82) is 0 Å². The molecule has 4 aromatic carbocycles. The number of methoxy groups -OCH3 is 1. The molecule has 0 spiro atoms. The zero-order valence-electron chi connectivity index (χ0n) is 69.9. The first kappa shape index (κ1) is 93.4. The summed E-state index contributed by atoms with van der Waals surface area (Å²) in [6, 6.07) is 26.3. The summed E-state index contributed by atoms with van der Waals surface area (Å²) in [5, 5.41) is 53.3. The molecule has 0 aliphatic carbocycles. The summed E-state index contributed by atoms with van der Waals surface area (Å²) in [5.41, 5.74) is 6.12. The minimum absolute atomic E-state index is 0. The van der Waals surface area contributed by atoms with Crippen LogP contribution in [0.4, 0.5) is 23.3 Å². The smallest absolute Gasteiger partial charge is 0.197 e.